The Hall–Kier alpha value is -1.73. The molecule has 5 nitrogen and oxygen atoms in total. The van der Waals surface area contributed by atoms with E-state index < -0.39 is 24.4 Å². The van der Waals surface area contributed by atoms with Crippen LogP contribution < -0.4 is 4.84 Å². The number of halogens is 3. The van der Waals surface area contributed by atoms with Crippen LogP contribution in [0.4, 0.5) is 13.2 Å². The zero-order chi connectivity index (χ0) is 10.8. The molecule has 0 atom stereocenters. The van der Waals surface area contributed by atoms with E-state index in [2.05, 4.69) is 9.94 Å². The monoisotopic (exact) mass is 210 g/mol. The van der Waals surface area contributed by atoms with Gasteiger partial charge in [0.25, 0.3) is 0 Å². The van der Waals surface area contributed by atoms with E-state index in [1.165, 1.54) is 0 Å². The van der Waals surface area contributed by atoms with Crippen molar-refractivity contribution < 1.29 is 27.9 Å². The molecule has 1 heterocycles. The topological polar surface area (TPSA) is 64.3 Å². The molecule has 0 spiro atoms. The van der Waals surface area contributed by atoms with Crippen molar-refractivity contribution in [3.63, 3.8) is 0 Å². The molecule has 1 N–H and O–H groups in total. The van der Waals surface area contributed by atoms with Crippen LogP contribution in [0.2, 0.25) is 0 Å². The molecule has 0 bridgehead atoms. The third-order valence-corrected chi connectivity index (χ3v) is 1.18. The number of carboxylic acid groups (broad SMARTS) is 1. The largest absolute Gasteiger partial charge is 0.476 e. The summed E-state index contributed by atoms with van der Waals surface area (Å²) >= 11 is 0. The second-order valence-electron chi connectivity index (χ2n) is 2.28. The summed E-state index contributed by atoms with van der Waals surface area (Å²) in [6.45, 7) is -1.59. The number of hydrogen-bond donors (Lipinski definition) is 1. The van der Waals surface area contributed by atoms with E-state index in [4.69, 9.17) is 5.11 Å². The van der Waals surface area contributed by atoms with Crippen molar-refractivity contribution in [2.45, 2.75) is 6.18 Å². The molecule has 0 saturated heterocycles. The molecule has 0 aromatic carbocycles. The van der Waals surface area contributed by atoms with Crippen LogP contribution in [0.15, 0.2) is 12.3 Å². The van der Waals surface area contributed by atoms with Gasteiger partial charge in [-0.2, -0.15) is 13.2 Å². The molecule has 0 radical (unpaired) electrons. The molecule has 0 aliphatic carbocycles. The van der Waals surface area contributed by atoms with Crippen molar-refractivity contribution in [3.8, 4) is 0 Å². The van der Waals surface area contributed by atoms with Gasteiger partial charge in [-0.1, -0.05) is 4.85 Å². The summed E-state index contributed by atoms with van der Waals surface area (Å²) in [6, 6.07) is 1.03. The van der Waals surface area contributed by atoms with E-state index in [9.17, 15) is 18.0 Å². The van der Waals surface area contributed by atoms with Crippen molar-refractivity contribution in [1.29, 1.82) is 0 Å². The first-order chi connectivity index (χ1) is 6.40. The van der Waals surface area contributed by atoms with E-state index in [0.29, 0.717) is 4.85 Å². The van der Waals surface area contributed by atoms with Crippen molar-refractivity contribution in [3.05, 3.63) is 18.0 Å². The lowest BCUT2D eigenvalue weighted by Crippen LogP contribution is -2.28. The highest BCUT2D eigenvalue weighted by molar-refractivity contribution is 5.85. The Kier molecular flexibility index (Phi) is 2.63. The van der Waals surface area contributed by atoms with Crippen molar-refractivity contribution in [1.82, 2.24) is 9.94 Å². The number of carbonyl (C=O) groups is 1. The molecule has 0 amide bonds. The van der Waals surface area contributed by atoms with Crippen LogP contribution in [-0.2, 0) is 0 Å². The Morgan fingerprint density at radius 2 is 2.29 bits per heavy atom. The van der Waals surface area contributed by atoms with Gasteiger partial charge in [-0.3, -0.25) is 0 Å². The summed E-state index contributed by atoms with van der Waals surface area (Å²) in [5, 5.41) is 11.7. The van der Waals surface area contributed by atoms with Crippen LogP contribution >= 0.6 is 0 Å². The molecule has 0 aliphatic rings. The van der Waals surface area contributed by atoms with E-state index in [1.54, 1.807) is 0 Å². The SMILES string of the molecule is O=C(O)c1ccnn1OCC(F)(F)F. The molecule has 14 heavy (non-hydrogen) atoms. The first-order valence-electron chi connectivity index (χ1n) is 3.37. The fourth-order valence-corrected chi connectivity index (χ4v) is 0.681. The van der Waals surface area contributed by atoms with Gasteiger partial charge in [0.05, 0.1) is 6.20 Å². The number of alkyl halides is 3. The zero-order valence-electron chi connectivity index (χ0n) is 6.65. The van der Waals surface area contributed by atoms with Gasteiger partial charge in [0.1, 0.15) is 0 Å². The summed E-state index contributed by atoms with van der Waals surface area (Å²) in [4.78, 5) is 14.8. The third-order valence-electron chi connectivity index (χ3n) is 1.18. The first-order valence-corrected chi connectivity index (χ1v) is 3.37. The van der Waals surface area contributed by atoms with Crippen LogP contribution in [-0.4, -0.2) is 33.8 Å². The fraction of sp³-hybridized carbons (Fsp3) is 0.333. The standard InChI is InChI=1S/C6H5F3N2O3/c7-6(8,9)3-14-11-4(5(12)13)1-2-10-11/h1-2H,3H2,(H,12,13). The first kappa shape index (κ1) is 10.4. The van der Waals surface area contributed by atoms with Gasteiger partial charge in [-0.15, -0.1) is 5.10 Å². The molecule has 0 fully saturated rings. The molecule has 1 aromatic heterocycles. The summed E-state index contributed by atoms with van der Waals surface area (Å²) in [7, 11) is 0. The van der Waals surface area contributed by atoms with Gasteiger partial charge >= 0.3 is 12.1 Å². The average Bonchev–Trinajstić information content (AvgIpc) is 2.46. The zero-order valence-corrected chi connectivity index (χ0v) is 6.65. The van der Waals surface area contributed by atoms with Crippen LogP contribution in [0, 0.1) is 0 Å². The predicted molar refractivity (Wildman–Crippen MR) is 36.7 cm³/mol. The van der Waals surface area contributed by atoms with Crippen LogP contribution in [0.5, 0.6) is 0 Å². The summed E-state index contributed by atoms with van der Waals surface area (Å²) < 4.78 is 35.0. The number of aromatic nitrogens is 2. The highest BCUT2D eigenvalue weighted by Gasteiger charge is 2.29. The van der Waals surface area contributed by atoms with Gasteiger partial charge in [0, 0.05) is 0 Å². The van der Waals surface area contributed by atoms with Gasteiger partial charge in [0.15, 0.2) is 5.69 Å². The van der Waals surface area contributed by atoms with Crippen LogP contribution in [0.1, 0.15) is 10.5 Å². The lowest BCUT2D eigenvalue weighted by atomic mass is 10.4. The molecule has 1 rings (SSSR count). The van der Waals surface area contributed by atoms with Crippen molar-refractivity contribution >= 4 is 5.97 Å². The maximum Gasteiger partial charge on any atom is 0.425 e. The lowest BCUT2D eigenvalue weighted by Gasteiger charge is -2.08. The summed E-state index contributed by atoms with van der Waals surface area (Å²) in [5.74, 6) is -1.41. The normalized spacial score (nSPS) is 11.4. The van der Waals surface area contributed by atoms with Gasteiger partial charge in [-0.25, -0.2) is 4.79 Å². The van der Waals surface area contributed by atoms with Crippen LogP contribution in [0.3, 0.4) is 0 Å². The quantitative estimate of drug-likeness (QED) is 0.792. The Morgan fingerprint density at radius 3 is 2.79 bits per heavy atom. The minimum absolute atomic E-state index is 0.315. The molecular formula is C6H5F3N2O3. The Bertz CT molecular complexity index is 333. The highest BCUT2D eigenvalue weighted by Crippen LogP contribution is 2.13. The maximum atomic E-state index is 11.7. The molecular weight excluding hydrogens is 205 g/mol. The second kappa shape index (κ2) is 3.56. The van der Waals surface area contributed by atoms with E-state index >= 15 is 0 Å². The molecule has 0 saturated carbocycles. The Labute approximate surface area is 75.7 Å². The van der Waals surface area contributed by atoms with Crippen LogP contribution in [0.25, 0.3) is 0 Å². The molecule has 78 valence electrons. The number of aromatic carboxylic acids is 1. The number of hydrogen-bond acceptors (Lipinski definition) is 3. The predicted octanol–water partition coefficient (Wildman–Crippen LogP) is 0.572. The minimum atomic E-state index is -4.53. The summed E-state index contributed by atoms with van der Waals surface area (Å²) in [6.07, 6.45) is -3.50. The lowest BCUT2D eigenvalue weighted by molar-refractivity contribution is -0.178. The van der Waals surface area contributed by atoms with Gasteiger partial charge < -0.3 is 9.94 Å². The molecule has 8 heteroatoms. The number of nitrogens with zero attached hydrogens (tertiary/aromatic N) is 2. The maximum absolute atomic E-state index is 11.7. The van der Waals surface area contributed by atoms with E-state index in [1.807, 2.05) is 0 Å². The van der Waals surface area contributed by atoms with E-state index in [-0.39, 0.29) is 0 Å². The number of carboxylic acids is 1. The van der Waals surface area contributed by atoms with E-state index in [0.717, 1.165) is 12.3 Å². The van der Waals surface area contributed by atoms with Gasteiger partial charge in [-0.05, 0) is 6.07 Å². The molecule has 0 unspecified atom stereocenters. The third kappa shape index (κ3) is 2.64. The Morgan fingerprint density at radius 1 is 1.64 bits per heavy atom. The number of rotatable bonds is 3. The highest BCUT2D eigenvalue weighted by atomic mass is 19.4. The molecule has 0 aliphatic heterocycles. The smallest absolute Gasteiger partial charge is 0.425 e. The average molecular weight is 210 g/mol. The second-order valence-corrected chi connectivity index (χ2v) is 2.28. The summed E-state index contributed by atoms with van der Waals surface area (Å²) in [5.41, 5.74) is -0.464. The Balaban J connectivity index is 2.68. The molecule has 1 aromatic rings. The van der Waals surface area contributed by atoms with Gasteiger partial charge in [0.2, 0.25) is 6.61 Å². The van der Waals surface area contributed by atoms with Crippen molar-refractivity contribution in [2.24, 2.45) is 0 Å². The minimum Gasteiger partial charge on any atom is -0.476 e. The fourth-order valence-electron chi connectivity index (χ4n) is 0.681. The van der Waals surface area contributed by atoms with Crippen molar-refractivity contribution in [2.75, 3.05) is 6.61 Å².